The Morgan fingerprint density at radius 3 is 2.50 bits per heavy atom. The molecule has 0 atom stereocenters. The first kappa shape index (κ1) is 22.8. The third kappa shape index (κ3) is 4.68. The molecule has 0 radical (unpaired) electrons. The van der Waals surface area contributed by atoms with Gasteiger partial charge in [-0.1, -0.05) is 24.3 Å². The van der Waals surface area contributed by atoms with Gasteiger partial charge in [0.1, 0.15) is 18.0 Å². The number of methoxy groups -OCH3 is 1. The van der Waals surface area contributed by atoms with Crippen LogP contribution in [0.4, 0.5) is 5.69 Å². The third-order valence-electron chi connectivity index (χ3n) is 5.25. The molecule has 2 heterocycles. The molecule has 4 rings (SSSR count). The van der Waals surface area contributed by atoms with E-state index in [2.05, 4.69) is 10.3 Å². The molecule has 0 aliphatic rings. The van der Waals surface area contributed by atoms with Crippen molar-refractivity contribution in [2.24, 2.45) is 0 Å². The van der Waals surface area contributed by atoms with Crippen LogP contribution < -0.4 is 26.0 Å². The van der Waals surface area contributed by atoms with Crippen LogP contribution in [0.15, 0.2) is 76.4 Å². The fourth-order valence-electron chi connectivity index (χ4n) is 3.63. The van der Waals surface area contributed by atoms with Crippen LogP contribution in [0.5, 0.6) is 11.5 Å². The summed E-state index contributed by atoms with van der Waals surface area (Å²) in [5.74, 6) is 0.758. The highest BCUT2D eigenvalue weighted by Crippen LogP contribution is 2.23. The Balaban J connectivity index is 1.71. The number of rotatable bonds is 8. The van der Waals surface area contributed by atoms with Gasteiger partial charge in [-0.3, -0.25) is 18.7 Å². The van der Waals surface area contributed by atoms with Crippen LogP contribution in [-0.2, 0) is 17.9 Å². The summed E-state index contributed by atoms with van der Waals surface area (Å²) in [6, 6.07) is 17.3. The van der Waals surface area contributed by atoms with Crippen LogP contribution >= 0.6 is 0 Å². The van der Waals surface area contributed by atoms with Crippen LogP contribution in [-0.4, -0.2) is 33.7 Å². The second-order valence-electron chi connectivity index (χ2n) is 7.46. The number of ether oxygens (including phenoxy) is 2. The van der Waals surface area contributed by atoms with Gasteiger partial charge in [0.2, 0.25) is 5.91 Å². The minimum absolute atomic E-state index is 0.0307. The summed E-state index contributed by atoms with van der Waals surface area (Å²) in [5, 5.41) is 2.79. The maximum absolute atomic E-state index is 13.4. The molecule has 9 nitrogen and oxygen atoms in total. The largest absolute Gasteiger partial charge is 0.497 e. The highest BCUT2D eigenvalue weighted by atomic mass is 16.5. The molecule has 2 aromatic heterocycles. The van der Waals surface area contributed by atoms with Crippen molar-refractivity contribution >= 4 is 22.6 Å². The molecule has 0 saturated carbocycles. The molecule has 1 amide bonds. The summed E-state index contributed by atoms with van der Waals surface area (Å²) in [6.45, 7) is 2.02. The minimum Gasteiger partial charge on any atom is -0.497 e. The standard InChI is InChI=1S/C25H24N4O5/c1-3-34-21-9-5-4-7-19(21)27-22(30)16-28-20-8-6-14-26-23(20)24(31)29(25(28)32)15-17-10-12-18(33-2)13-11-17/h4-14H,3,15-16H2,1-2H3,(H,27,30). The number of hydrogen-bond donors (Lipinski definition) is 1. The fourth-order valence-corrected chi connectivity index (χ4v) is 3.63. The van der Waals surface area contributed by atoms with Crippen molar-refractivity contribution in [3.8, 4) is 11.5 Å². The minimum atomic E-state index is -0.602. The average molecular weight is 460 g/mol. The Morgan fingerprint density at radius 2 is 1.76 bits per heavy atom. The van der Waals surface area contributed by atoms with E-state index in [-0.39, 0.29) is 24.1 Å². The molecule has 174 valence electrons. The fraction of sp³-hybridized carbons (Fsp3) is 0.200. The van der Waals surface area contributed by atoms with Crippen molar-refractivity contribution in [3.63, 3.8) is 0 Å². The third-order valence-corrected chi connectivity index (χ3v) is 5.25. The lowest BCUT2D eigenvalue weighted by molar-refractivity contribution is -0.116. The average Bonchev–Trinajstić information content (AvgIpc) is 2.86. The molecule has 0 aliphatic carbocycles. The van der Waals surface area contributed by atoms with Crippen LogP contribution in [0.25, 0.3) is 11.0 Å². The van der Waals surface area contributed by atoms with Gasteiger partial charge in [0.05, 0.1) is 31.5 Å². The molecular formula is C25H24N4O5. The summed E-state index contributed by atoms with van der Waals surface area (Å²) < 4.78 is 13.1. The lowest BCUT2D eigenvalue weighted by atomic mass is 10.2. The van der Waals surface area contributed by atoms with Gasteiger partial charge < -0.3 is 14.8 Å². The zero-order valence-corrected chi connectivity index (χ0v) is 18.9. The summed E-state index contributed by atoms with van der Waals surface area (Å²) in [7, 11) is 1.56. The first-order chi connectivity index (χ1) is 16.5. The molecule has 0 fully saturated rings. The van der Waals surface area contributed by atoms with E-state index in [1.165, 1.54) is 10.8 Å². The normalized spacial score (nSPS) is 10.8. The molecule has 0 spiro atoms. The number of nitrogens with one attached hydrogen (secondary N) is 1. The van der Waals surface area contributed by atoms with Crippen molar-refractivity contribution in [2.45, 2.75) is 20.0 Å². The number of benzene rings is 2. The van der Waals surface area contributed by atoms with Gasteiger partial charge in [0, 0.05) is 6.20 Å². The molecule has 1 N–H and O–H groups in total. The summed E-state index contributed by atoms with van der Waals surface area (Å²) in [6.07, 6.45) is 1.48. The quantitative estimate of drug-likeness (QED) is 0.434. The van der Waals surface area contributed by atoms with Crippen molar-refractivity contribution in [1.82, 2.24) is 14.1 Å². The van der Waals surface area contributed by atoms with E-state index in [1.807, 2.05) is 6.92 Å². The number of aromatic nitrogens is 3. The first-order valence-electron chi connectivity index (χ1n) is 10.7. The number of amides is 1. The van der Waals surface area contributed by atoms with E-state index >= 15 is 0 Å². The van der Waals surface area contributed by atoms with Gasteiger partial charge in [0.25, 0.3) is 5.56 Å². The number of fused-ring (bicyclic) bond motifs is 1. The van der Waals surface area contributed by atoms with Crippen LogP contribution in [0.1, 0.15) is 12.5 Å². The SMILES string of the molecule is CCOc1ccccc1NC(=O)Cn1c(=O)n(Cc2ccc(OC)cc2)c(=O)c2ncccc21. The van der Waals surface area contributed by atoms with Gasteiger partial charge in [-0.2, -0.15) is 0 Å². The monoisotopic (exact) mass is 460 g/mol. The maximum Gasteiger partial charge on any atom is 0.332 e. The maximum atomic E-state index is 13.4. The second kappa shape index (κ2) is 10.0. The van der Waals surface area contributed by atoms with Gasteiger partial charge >= 0.3 is 5.69 Å². The molecule has 9 heteroatoms. The summed E-state index contributed by atoms with van der Waals surface area (Å²) in [5.41, 5.74) is 0.507. The zero-order valence-electron chi connectivity index (χ0n) is 18.9. The predicted molar refractivity (Wildman–Crippen MR) is 129 cm³/mol. The summed E-state index contributed by atoms with van der Waals surface area (Å²) >= 11 is 0. The lowest BCUT2D eigenvalue weighted by Gasteiger charge is -2.15. The summed E-state index contributed by atoms with van der Waals surface area (Å²) in [4.78, 5) is 43.5. The van der Waals surface area contributed by atoms with Crippen molar-refractivity contribution in [1.29, 1.82) is 0 Å². The van der Waals surface area contributed by atoms with E-state index in [0.717, 1.165) is 10.1 Å². The van der Waals surface area contributed by atoms with Gasteiger partial charge in [-0.25, -0.2) is 9.78 Å². The molecule has 4 aromatic rings. The molecule has 0 saturated heterocycles. The highest BCUT2D eigenvalue weighted by Gasteiger charge is 2.17. The first-order valence-corrected chi connectivity index (χ1v) is 10.7. The number of hydrogen-bond acceptors (Lipinski definition) is 6. The second-order valence-corrected chi connectivity index (χ2v) is 7.46. The van der Waals surface area contributed by atoms with Gasteiger partial charge in [-0.15, -0.1) is 0 Å². The van der Waals surface area contributed by atoms with E-state index in [4.69, 9.17) is 9.47 Å². The Bertz CT molecular complexity index is 1440. The van der Waals surface area contributed by atoms with Crippen molar-refractivity contribution < 1.29 is 14.3 Å². The Labute approximate surface area is 195 Å². The Kier molecular flexibility index (Phi) is 6.72. The van der Waals surface area contributed by atoms with Crippen LogP contribution in [0.3, 0.4) is 0 Å². The van der Waals surface area contributed by atoms with E-state index in [1.54, 1.807) is 67.8 Å². The van der Waals surface area contributed by atoms with E-state index < -0.39 is 17.2 Å². The molecule has 2 aromatic carbocycles. The number of anilines is 1. The molecule has 34 heavy (non-hydrogen) atoms. The van der Waals surface area contributed by atoms with Gasteiger partial charge in [-0.05, 0) is 48.9 Å². The number of para-hydroxylation sites is 2. The molecule has 0 aliphatic heterocycles. The highest BCUT2D eigenvalue weighted by molar-refractivity contribution is 5.92. The van der Waals surface area contributed by atoms with Crippen molar-refractivity contribution in [3.05, 3.63) is 93.3 Å². The van der Waals surface area contributed by atoms with Gasteiger partial charge in [0.15, 0.2) is 5.52 Å². The number of pyridine rings is 1. The van der Waals surface area contributed by atoms with Crippen LogP contribution in [0, 0.1) is 0 Å². The number of carbonyl (C=O) groups excluding carboxylic acids is 1. The topological polar surface area (TPSA) is 104 Å². The molecule has 0 unspecified atom stereocenters. The lowest BCUT2D eigenvalue weighted by Crippen LogP contribution is -2.42. The number of nitrogens with zero attached hydrogens (tertiary/aromatic N) is 3. The Hall–Kier alpha value is -4.40. The molecular weight excluding hydrogens is 436 g/mol. The smallest absolute Gasteiger partial charge is 0.332 e. The van der Waals surface area contributed by atoms with E-state index in [9.17, 15) is 14.4 Å². The zero-order chi connectivity index (χ0) is 24.1. The molecule has 0 bridgehead atoms. The number of carbonyl (C=O) groups is 1. The predicted octanol–water partition coefficient (Wildman–Crippen LogP) is 2.65. The van der Waals surface area contributed by atoms with E-state index in [0.29, 0.717) is 23.8 Å². The van der Waals surface area contributed by atoms with Crippen LogP contribution in [0.2, 0.25) is 0 Å². The van der Waals surface area contributed by atoms with Crippen molar-refractivity contribution in [2.75, 3.05) is 19.0 Å². The Morgan fingerprint density at radius 1 is 1.00 bits per heavy atom.